The summed E-state index contributed by atoms with van der Waals surface area (Å²) >= 11 is 4.87. The molecule has 0 radical (unpaired) electrons. The molecule has 31 heavy (non-hydrogen) atoms. The molecular weight excluding hydrogens is 480 g/mol. The number of nitrogens with zero attached hydrogens (tertiary/aromatic N) is 1. The van der Waals surface area contributed by atoms with Crippen LogP contribution in [0.4, 0.5) is 5.69 Å². The maximum atomic E-state index is 13.3. The number of hydrogen-bond acceptors (Lipinski definition) is 5. The fourth-order valence-corrected chi connectivity index (χ4v) is 4.76. The Morgan fingerprint density at radius 3 is 2.81 bits per heavy atom. The fourth-order valence-electron chi connectivity index (χ4n) is 3.14. The van der Waals surface area contributed by atoms with Gasteiger partial charge in [-0.1, -0.05) is 30.0 Å². The number of nitrogens with one attached hydrogen (secondary N) is 1. The smallest absolute Gasteiger partial charge is 0.265 e. The largest absolute Gasteiger partial charge is 0.496 e. The van der Waals surface area contributed by atoms with Crippen LogP contribution < -0.4 is 15.0 Å². The van der Waals surface area contributed by atoms with Gasteiger partial charge in [0.15, 0.2) is 0 Å². The Morgan fingerprint density at radius 2 is 2.06 bits per heavy atom. The third-order valence-electron chi connectivity index (χ3n) is 4.65. The number of methoxy groups -OCH3 is 1. The van der Waals surface area contributed by atoms with E-state index >= 15 is 0 Å². The number of anilines is 1. The summed E-state index contributed by atoms with van der Waals surface area (Å²) < 4.78 is 11.3. The van der Waals surface area contributed by atoms with Crippen LogP contribution in [0.25, 0.3) is 6.08 Å². The van der Waals surface area contributed by atoms with E-state index in [1.165, 1.54) is 16.7 Å². The van der Waals surface area contributed by atoms with E-state index in [-0.39, 0.29) is 24.9 Å². The van der Waals surface area contributed by atoms with Crippen molar-refractivity contribution in [2.24, 2.45) is 0 Å². The lowest BCUT2D eigenvalue weighted by atomic mass is 10.2. The second-order valence-corrected chi connectivity index (χ2v) is 8.66. The Labute approximate surface area is 192 Å². The van der Waals surface area contributed by atoms with E-state index in [1.54, 1.807) is 25.5 Å². The first-order valence-electron chi connectivity index (χ1n) is 9.48. The SMILES string of the molecule is COc1ccc(C=C2Sc3ccccc3N(CC(=O)NCc3ccco3)C2=O)cc1Br. The molecule has 1 N–H and O–H groups in total. The van der Waals surface area contributed by atoms with Gasteiger partial charge in [-0.15, -0.1) is 0 Å². The fraction of sp³-hybridized carbons (Fsp3) is 0.130. The summed E-state index contributed by atoms with van der Waals surface area (Å²) in [5.74, 6) is 0.881. The highest BCUT2D eigenvalue weighted by Gasteiger charge is 2.30. The predicted molar refractivity (Wildman–Crippen MR) is 124 cm³/mol. The molecule has 158 valence electrons. The van der Waals surface area contributed by atoms with Crippen LogP contribution in [0.2, 0.25) is 0 Å². The average molecular weight is 499 g/mol. The van der Waals surface area contributed by atoms with Gasteiger partial charge in [-0.3, -0.25) is 14.5 Å². The maximum Gasteiger partial charge on any atom is 0.265 e. The van der Waals surface area contributed by atoms with Crippen LogP contribution in [0, 0.1) is 0 Å². The van der Waals surface area contributed by atoms with Gasteiger partial charge in [0.1, 0.15) is 18.1 Å². The number of fused-ring (bicyclic) bond motifs is 1. The first kappa shape index (κ1) is 21.3. The number of carbonyl (C=O) groups excluding carboxylic acids is 2. The molecule has 0 aliphatic carbocycles. The van der Waals surface area contributed by atoms with E-state index in [4.69, 9.17) is 9.15 Å². The first-order chi connectivity index (χ1) is 15.0. The number of hydrogen-bond donors (Lipinski definition) is 1. The van der Waals surface area contributed by atoms with Gasteiger partial charge in [-0.05, 0) is 64.0 Å². The van der Waals surface area contributed by atoms with Gasteiger partial charge in [-0.2, -0.15) is 0 Å². The van der Waals surface area contributed by atoms with E-state index in [1.807, 2.05) is 48.5 Å². The molecule has 0 bridgehead atoms. The molecule has 4 rings (SSSR count). The highest BCUT2D eigenvalue weighted by atomic mass is 79.9. The first-order valence-corrected chi connectivity index (χ1v) is 11.1. The highest BCUT2D eigenvalue weighted by molar-refractivity contribution is 9.10. The molecule has 1 aliphatic heterocycles. The molecule has 8 heteroatoms. The normalized spacial score (nSPS) is 14.5. The molecule has 2 aromatic carbocycles. The van der Waals surface area contributed by atoms with Crippen molar-refractivity contribution >= 4 is 51.3 Å². The van der Waals surface area contributed by atoms with E-state index in [0.29, 0.717) is 16.4 Å². The Morgan fingerprint density at radius 1 is 1.23 bits per heavy atom. The van der Waals surface area contributed by atoms with Crippen LogP contribution in [0.5, 0.6) is 5.75 Å². The lowest BCUT2D eigenvalue weighted by Gasteiger charge is -2.29. The molecule has 0 unspecified atom stereocenters. The lowest BCUT2D eigenvalue weighted by molar-refractivity contribution is -0.122. The summed E-state index contributed by atoms with van der Waals surface area (Å²) in [7, 11) is 1.60. The lowest BCUT2D eigenvalue weighted by Crippen LogP contribution is -2.42. The van der Waals surface area contributed by atoms with Crippen LogP contribution in [0.15, 0.2) is 79.6 Å². The van der Waals surface area contributed by atoms with Crippen LogP contribution >= 0.6 is 27.7 Å². The Bertz CT molecular complexity index is 1140. The number of amides is 2. The quantitative estimate of drug-likeness (QED) is 0.492. The number of ether oxygens (including phenoxy) is 1. The molecule has 0 atom stereocenters. The second-order valence-electron chi connectivity index (χ2n) is 6.72. The summed E-state index contributed by atoms with van der Waals surface area (Å²) in [5, 5.41) is 2.80. The molecule has 0 saturated heterocycles. The standard InChI is InChI=1S/C23H19BrN2O4S/c1-29-19-9-8-15(11-17(19)24)12-21-23(28)26(18-6-2-3-7-20(18)31-21)14-22(27)25-13-16-5-4-10-30-16/h2-12H,13-14H2,1H3,(H,25,27). The minimum Gasteiger partial charge on any atom is -0.496 e. The van der Waals surface area contributed by atoms with Crippen molar-refractivity contribution in [1.29, 1.82) is 0 Å². The number of furan rings is 1. The van der Waals surface area contributed by atoms with Crippen molar-refractivity contribution in [2.45, 2.75) is 11.4 Å². The molecule has 1 aliphatic rings. The summed E-state index contributed by atoms with van der Waals surface area (Å²) in [4.78, 5) is 28.8. The molecule has 2 heterocycles. The Balaban J connectivity index is 1.58. The second kappa shape index (κ2) is 9.45. The minimum atomic E-state index is -0.266. The summed E-state index contributed by atoms with van der Waals surface area (Å²) in [5.41, 5.74) is 1.57. The molecule has 1 aromatic heterocycles. The van der Waals surface area contributed by atoms with Crippen molar-refractivity contribution in [3.05, 3.63) is 81.6 Å². The number of halogens is 1. The van der Waals surface area contributed by atoms with Crippen LogP contribution in [0.1, 0.15) is 11.3 Å². The van der Waals surface area contributed by atoms with Gasteiger partial charge < -0.3 is 14.5 Å². The van der Waals surface area contributed by atoms with Gasteiger partial charge in [0.25, 0.3) is 5.91 Å². The van der Waals surface area contributed by atoms with Crippen molar-refractivity contribution < 1.29 is 18.7 Å². The van der Waals surface area contributed by atoms with E-state index in [9.17, 15) is 9.59 Å². The summed E-state index contributed by atoms with van der Waals surface area (Å²) in [6.07, 6.45) is 3.37. The van der Waals surface area contributed by atoms with Crippen molar-refractivity contribution in [2.75, 3.05) is 18.6 Å². The maximum absolute atomic E-state index is 13.3. The number of carbonyl (C=O) groups is 2. The molecule has 0 spiro atoms. The minimum absolute atomic E-state index is 0.0826. The average Bonchev–Trinajstić information content (AvgIpc) is 3.29. The highest BCUT2D eigenvalue weighted by Crippen LogP contribution is 2.42. The van der Waals surface area contributed by atoms with Crippen LogP contribution in [-0.2, 0) is 16.1 Å². The van der Waals surface area contributed by atoms with Crippen molar-refractivity contribution in [3.63, 3.8) is 0 Å². The van der Waals surface area contributed by atoms with E-state index in [0.717, 1.165) is 20.6 Å². The van der Waals surface area contributed by atoms with Crippen LogP contribution in [-0.4, -0.2) is 25.5 Å². The van der Waals surface area contributed by atoms with Crippen molar-refractivity contribution in [3.8, 4) is 5.75 Å². The molecule has 0 fully saturated rings. The topological polar surface area (TPSA) is 71.8 Å². The molecular formula is C23H19BrN2O4S. The van der Waals surface area contributed by atoms with Gasteiger partial charge in [-0.25, -0.2) is 0 Å². The van der Waals surface area contributed by atoms with Gasteiger partial charge in [0.2, 0.25) is 5.91 Å². The number of rotatable bonds is 6. The number of benzene rings is 2. The Hall–Kier alpha value is -2.97. The molecule has 3 aromatic rings. The summed E-state index contributed by atoms with van der Waals surface area (Å²) in [6.45, 7) is 0.188. The zero-order chi connectivity index (χ0) is 21.8. The Kier molecular flexibility index (Phi) is 6.48. The van der Waals surface area contributed by atoms with Gasteiger partial charge in [0, 0.05) is 4.90 Å². The van der Waals surface area contributed by atoms with E-state index < -0.39 is 0 Å². The third kappa shape index (κ3) is 4.86. The van der Waals surface area contributed by atoms with E-state index in [2.05, 4.69) is 21.2 Å². The van der Waals surface area contributed by atoms with Crippen LogP contribution in [0.3, 0.4) is 0 Å². The van der Waals surface area contributed by atoms with Gasteiger partial charge in [0.05, 0.1) is 35.0 Å². The monoisotopic (exact) mass is 498 g/mol. The molecule has 2 amide bonds. The number of thioether (sulfide) groups is 1. The molecule has 6 nitrogen and oxygen atoms in total. The zero-order valence-corrected chi connectivity index (χ0v) is 19.0. The third-order valence-corrected chi connectivity index (χ3v) is 6.34. The number of para-hydroxylation sites is 1. The van der Waals surface area contributed by atoms with Gasteiger partial charge >= 0.3 is 0 Å². The summed E-state index contributed by atoms with van der Waals surface area (Å²) in [6, 6.07) is 16.7. The predicted octanol–water partition coefficient (Wildman–Crippen LogP) is 4.85. The zero-order valence-electron chi connectivity index (χ0n) is 16.6. The molecule has 0 saturated carbocycles. The van der Waals surface area contributed by atoms with Crippen molar-refractivity contribution in [1.82, 2.24) is 5.32 Å².